The second-order valence-electron chi connectivity index (χ2n) is 2.66. The van der Waals surface area contributed by atoms with Crippen LogP contribution >= 0.6 is 24.0 Å². The third kappa shape index (κ3) is 3.02. The van der Waals surface area contributed by atoms with Crippen LogP contribution in [0.1, 0.15) is 4.88 Å². The number of halogens is 3. The molecule has 0 bridgehead atoms. The summed E-state index contributed by atoms with van der Waals surface area (Å²) >= 11 is 4.95. The molecule has 1 unspecified atom stereocenters. The van der Waals surface area contributed by atoms with Crippen molar-refractivity contribution >= 4 is 29.7 Å². The third-order valence-corrected chi connectivity index (χ3v) is 2.87. The summed E-state index contributed by atoms with van der Waals surface area (Å²) in [5.74, 6) is -1.78. The number of ketones is 1. The van der Waals surface area contributed by atoms with Crippen molar-refractivity contribution in [2.24, 2.45) is 0 Å². The second kappa shape index (κ2) is 4.35. The topological polar surface area (TPSA) is 17.1 Å². The minimum atomic E-state index is -4.79. The minimum absolute atomic E-state index is 0.0269. The maximum Gasteiger partial charge on any atom is 0.451 e. The molecular weight excluding hydrogens is 233 g/mol. The van der Waals surface area contributed by atoms with Gasteiger partial charge >= 0.3 is 6.18 Å². The summed E-state index contributed by atoms with van der Waals surface area (Å²) < 4.78 is 35.8. The molecule has 1 nitrogen and oxygen atoms in total. The first-order chi connectivity index (χ1) is 6.41. The Balaban J connectivity index is 2.59. The number of hydrogen-bond donors (Lipinski definition) is 1. The normalized spacial score (nSPS) is 14.0. The quantitative estimate of drug-likeness (QED) is 0.804. The van der Waals surface area contributed by atoms with Crippen LogP contribution in [-0.2, 0) is 11.2 Å². The van der Waals surface area contributed by atoms with Crippen molar-refractivity contribution in [1.82, 2.24) is 0 Å². The minimum Gasteiger partial charge on any atom is -0.288 e. The van der Waals surface area contributed by atoms with Crippen LogP contribution in [0.3, 0.4) is 0 Å². The van der Waals surface area contributed by atoms with Crippen LogP contribution in [0.2, 0.25) is 0 Å². The van der Waals surface area contributed by atoms with Crippen molar-refractivity contribution in [3.63, 3.8) is 0 Å². The lowest BCUT2D eigenvalue weighted by atomic mass is 10.2. The highest BCUT2D eigenvalue weighted by molar-refractivity contribution is 7.81. The van der Waals surface area contributed by atoms with Gasteiger partial charge in [0.05, 0.1) is 5.25 Å². The number of thiophene rings is 1. The molecule has 0 aromatic carbocycles. The van der Waals surface area contributed by atoms with Gasteiger partial charge < -0.3 is 0 Å². The molecule has 0 fully saturated rings. The highest BCUT2D eigenvalue weighted by atomic mass is 32.1. The lowest BCUT2D eigenvalue weighted by molar-refractivity contribution is -0.170. The summed E-state index contributed by atoms with van der Waals surface area (Å²) in [5, 5.41) is 0.446. The zero-order chi connectivity index (χ0) is 10.8. The Morgan fingerprint density at radius 1 is 1.57 bits per heavy atom. The average Bonchev–Trinajstić information content (AvgIpc) is 2.53. The van der Waals surface area contributed by atoms with Crippen LogP contribution in [0.4, 0.5) is 13.2 Å². The van der Waals surface area contributed by atoms with E-state index in [1.165, 1.54) is 11.3 Å². The lowest BCUT2D eigenvalue weighted by Crippen LogP contribution is -2.32. The van der Waals surface area contributed by atoms with Gasteiger partial charge in [0.2, 0.25) is 5.78 Å². The van der Waals surface area contributed by atoms with E-state index in [4.69, 9.17) is 0 Å². The zero-order valence-electron chi connectivity index (χ0n) is 6.91. The molecule has 78 valence electrons. The van der Waals surface area contributed by atoms with Gasteiger partial charge in [0.25, 0.3) is 0 Å². The van der Waals surface area contributed by atoms with E-state index in [-0.39, 0.29) is 6.42 Å². The largest absolute Gasteiger partial charge is 0.451 e. The standard InChI is InChI=1S/C8H7F3OS2/c9-8(10,11)7(12)6(13)4-5-2-1-3-14-5/h1-3,6,13H,4H2. The van der Waals surface area contributed by atoms with Gasteiger partial charge in [-0.05, 0) is 11.4 Å². The van der Waals surface area contributed by atoms with Crippen LogP contribution in [0, 0.1) is 0 Å². The number of thiol groups is 1. The molecule has 0 aliphatic carbocycles. The lowest BCUT2D eigenvalue weighted by Gasteiger charge is -2.10. The van der Waals surface area contributed by atoms with Crippen LogP contribution in [0.15, 0.2) is 17.5 Å². The van der Waals surface area contributed by atoms with E-state index in [1.54, 1.807) is 17.5 Å². The number of carbonyl (C=O) groups excluding carboxylic acids is 1. The molecule has 0 saturated carbocycles. The first-order valence-electron chi connectivity index (χ1n) is 3.72. The van der Waals surface area contributed by atoms with Crippen LogP contribution in [-0.4, -0.2) is 17.2 Å². The molecule has 1 aromatic heterocycles. The fourth-order valence-corrected chi connectivity index (χ4v) is 2.12. The number of hydrogen-bond acceptors (Lipinski definition) is 3. The summed E-state index contributed by atoms with van der Waals surface area (Å²) in [5.41, 5.74) is 0. The molecule has 0 aliphatic heterocycles. The molecule has 0 aliphatic rings. The predicted octanol–water partition coefficient (Wildman–Crippen LogP) is 2.72. The van der Waals surface area contributed by atoms with Gasteiger partial charge in [-0.3, -0.25) is 4.79 Å². The molecule has 0 radical (unpaired) electrons. The molecule has 1 atom stereocenters. The Hall–Kier alpha value is -0.490. The van der Waals surface area contributed by atoms with E-state index >= 15 is 0 Å². The van der Waals surface area contributed by atoms with Gasteiger partial charge in [-0.1, -0.05) is 6.07 Å². The van der Waals surface area contributed by atoms with Crippen molar-refractivity contribution < 1.29 is 18.0 Å². The van der Waals surface area contributed by atoms with Gasteiger partial charge in [-0.2, -0.15) is 25.8 Å². The third-order valence-electron chi connectivity index (χ3n) is 1.56. The second-order valence-corrected chi connectivity index (χ2v) is 4.32. The molecular formula is C8H7F3OS2. The Labute approximate surface area is 88.3 Å². The van der Waals surface area contributed by atoms with Crippen molar-refractivity contribution in [2.45, 2.75) is 17.8 Å². The zero-order valence-corrected chi connectivity index (χ0v) is 8.63. The van der Waals surface area contributed by atoms with Gasteiger partial charge in [0, 0.05) is 11.3 Å². The number of alkyl halides is 3. The van der Waals surface area contributed by atoms with E-state index < -0.39 is 17.2 Å². The first kappa shape index (κ1) is 11.6. The van der Waals surface area contributed by atoms with E-state index in [9.17, 15) is 18.0 Å². The summed E-state index contributed by atoms with van der Waals surface area (Å²) in [6, 6.07) is 3.40. The number of carbonyl (C=O) groups is 1. The molecule has 6 heteroatoms. The molecule has 0 N–H and O–H groups in total. The highest BCUT2D eigenvalue weighted by Gasteiger charge is 2.41. The van der Waals surface area contributed by atoms with Gasteiger partial charge in [0.1, 0.15) is 0 Å². The van der Waals surface area contributed by atoms with E-state index in [0.29, 0.717) is 0 Å². The summed E-state index contributed by atoms with van der Waals surface area (Å²) in [7, 11) is 0. The van der Waals surface area contributed by atoms with Gasteiger partial charge in [0.15, 0.2) is 0 Å². The molecule has 0 saturated heterocycles. The van der Waals surface area contributed by atoms with Crippen LogP contribution in [0.5, 0.6) is 0 Å². The Kier molecular flexibility index (Phi) is 3.60. The number of Topliss-reactive ketones (excluding diaryl/α,β-unsaturated/α-hetero) is 1. The van der Waals surface area contributed by atoms with Gasteiger partial charge in [-0.15, -0.1) is 11.3 Å². The highest BCUT2D eigenvalue weighted by Crippen LogP contribution is 2.23. The molecule has 1 rings (SSSR count). The maximum absolute atomic E-state index is 11.9. The summed E-state index contributed by atoms with van der Waals surface area (Å²) in [4.78, 5) is 11.4. The summed E-state index contributed by atoms with van der Waals surface area (Å²) in [6.45, 7) is 0. The van der Waals surface area contributed by atoms with Crippen molar-refractivity contribution in [3.8, 4) is 0 Å². The summed E-state index contributed by atoms with van der Waals surface area (Å²) in [6.07, 6.45) is -4.76. The van der Waals surface area contributed by atoms with Crippen molar-refractivity contribution in [2.75, 3.05) is 0 Å². The van der Waals surface area contributed by atoms with Crippen molar-refractivity contribution in [1.29, 1.82) is 0 Å². The van der Waals surface area contributed by atoms with Crippen LogP contribution in [0.25, 0.3) is 0 Å². The fraction of sp³-hybridized carbons (Fsp3) is 0.375. The molecule has 1 aromatic rings. The molecule has 0 spiro atoms. The SMILES string of the molecule is O=C(C(S)Cc1cccs1)C(F)(F)F. The fourth-order valence-electron chi connectivity index (χ4n) is 0.901. The molecule has 14 heavy (non-hydrogen) atoms. The molecule has 1 heterocycles. The smallest absolute Gasteiger partial charge is 0.288 e. The Morgan fingerprint density at radius 3 is 2.64 bits per heavy atom. The molecule has 0 amide bonds. The van der Waals surface area contributed by atoms with E-state index in [1.807, 2.05) is 0 Å². The van der Waals surface area contributed by atoms with Crippen molar-refractivity contribution in [3.05, 3.63) is 22.4 Å². The Bertz CT molecular complexity index is 305. The first-order valence-corrected chi connectivity index (χ1v) is 5.12. The average molecular weight is 240 g/mol. The monoisotopic (exact) mass is 240 g/mol. The predicted molar refractivity (Wildman–Crippen MR) is 51.9 cm³/mol. The van der Waals surface area contributed by atoms with E-state index in [2.05, 4.69) is 12.6 Å². The maximum atomic E-state index is 11.9. The van der Waals surface area contributed by atoms with Crippen LogP contribution < -0.4 is 0 Å². The van der Waals surface area contributed by atoms with Gasteiger partial charge in [-0.25, -0.2) is 0 Å². The Morgan fingerprint density at radius 2 is 2.21 bits per heavy atom. The van der Waals surface area contributed by atoms with E-state index in [0.717, 1.165) is 4.88 Å². The number of rotatable bonds is 3.